The molecule has 0 aromatic rings. The lowest BCUT2D eigenvalue weighted by molar-refractivity contribution is -0.130. The maximum atomic E-state index is 11.5. The van der Waals surface area contributed by atoms with Crippen molar-refractivity contribution in [3.05, 3.63) is 0 Å². The Kier molecular flexibility index (Phi) is 5.05. The highest BCUT2D eigenvalue weighted by atomic mass is 16.3. The van der Waals surface area contributed by atoms with Gasteiger partial charge in [-0.15, -0.1) is 0 Å². The van der Waals surface area contributed by atoms with Gasteiger partial charge in [-0.2, -0.15) is 0 Å². The smallest absolute Gasteiger partial charge is 0.223 e. The van der Waals surface area contributed by atoms with Crippen molar-refractivity contribution in [3.8, 4) is 0 Å². The van der Waals surface area contributed by atoms with Gasteiger partial charge in [-0.05, 0) is 25.8 Å². The molecule has 0 bridgehead atoms. The first-order valence-electron chi connectivity index (χ1n) is 5.74. The molecule has 0 aromatic carbocycles. The summed E-state index contributed by atoms with van der Waals surface area (Å²) >= 11 is 0. The molecule has 1 aliphatic heterocycles. The number of hydrogen-bond donors (Lipinski definition) is 1. The molecule has 0 radical (unpaired) electrons. The highest BCUT2D eigenvalue weighted by Crippen LogP contribution is 2.15. The van der Waals surface area contributed by atoms with Crippen molar-refractivity contribution in [1.82, 2.24) is 9.80 Å². The van der Waals surface area contributed by atoms with E-state index in [0.29, 0.717) is 12.3 Å². The van der Waals surface area contributed by atoms with Crippen molar-refractivity contribution >= 4 is 5.91 Å². The first-order chi connectivity index (χ1) is 7.17. The lowest BCUT2D eigenvalue weighted by Gasteiger charge is -2.18. The lowest BCUT2D eigenvalue weighted by Crippen LogP contribution is -2.31. The van der Waals surface area contributed by atoms with Crippen molar-refractivity contribution in [3.63, 3.8) is 0 Å². The largest absolute Gasteiger partial charge is 0.396 e. The number of carbonyl (C=O) groups excluding carboxylic acids is 1. The molecule has 0 aromatic heterocycles. The normalized spacial score (nSPS) is 21.9. The molecule has 1 rings (SSSR count). The molecule has 4 heteroatoms. The Morgan fingerprint density at radius 2 is 2.33 bits per heavy atom. The van der Waals surface area contributed by atoms with Gasteiger partial charge in [0.1, 0.15) is 0 Å². The Morgan fingerprint density at radius 1 is 1.60 bits per heavy atom. The Morgan fingerprint density at radius 3 is 2.87 bits per heavy atom. The van der Waals surface area contributed by atoms with E-state index in [4.69, 9.17) is 5.11 Å². The first kappa shape index (κ1) is 12.5. The van der Waals surface area contributed by atoms with E-state index in [0.717, 1.165) is 32.6 Å². The van der Waals surface area contributed by atoms with Gasteiger partial charge in [0, 0.05) is 39.7 Å². The molecule has 1 amide bonds. The molecule has 0 aliphatic carbocycles. The summed E-state index contributed by atoms with van der Waals surface area (Å²) in [4.78, 5) is 15.5. The summed E-state index contributed by atoms with van der Waals surface area (Å²) in [5.74, 6) is 0.633. The van der Waals surface area contributed by atoms with E-state index in [1.54, 1.807) is 4.90 Å². The van der Waals surface area contributed by atoms with Crippen LogP contribution >= 0.6 is 0 Å². The number of nitrogens with zero attached hydrogens (tertiary/aromatic N) is 2. The van der Waals surface area contributed by atoms with Crippen molar-refractivity contribution in [1.29, 1.82) is 0 Å². The fourth-order valence-electron chi connectivity index (χ4n) is 1.89. The third-order valence-corrected chi connectivity index (χ3v) is 3.17. The number of aliphatic hydroxyl groups is 1. The van der Waals surface area contributed by atoms with Gasteiger partial charge >= 0.3 is 0 Å². The van der Waals surface area contributed by atoms with Gasteiger partial charge in [0.25, 0.3) is 0 Å². The Bertz CT molecular complexity index is 209. The molecule has 1 atom stereocenters. The molecular weight excluding hydrogens is 192 g/mol. The third kappa shape index (κ3) is 3.80. The van der Waals surface area contributed by atoms with E-state index in [-0.39, 0.29) is 12.5 Å². The van der Waals surface area contributed by atoms with E-state index in [2.05, 4.69) is 4.90 Å². The van der Waals surface area contributed by atoms with Crippen molar-refractivity contribution in [2.45, 2.75) is 19.8 Å². The molecular formula is C11H22N2O2. The van der Waals surface area contributed by atoms with Gasteiger partial charge in [0.15, 0.2) is 0 Å². The fraction of sp³-hybridized carbons (Fsp3) is 0.909. The minimum Gasteiger partial charge on any atom is -0.396 e. The Hall–Kier alpha value is -0.610. The molecule has 1 aliphatic rings. The SMILES string of the molecule is CCN(C)C(=O)CCN1CCC(CO)C1. The summed E-state index contributed by atoms with van der Waals surface area (Å²) in [6.45, 7) is 5.83. The minimum absolute atomic E-state index is 0.213. The van der Waals surface area contributed by atoms with E-state index in [1.807, 2.05) is 14.0 Å². The molecule has 4 nitrogen and oxygen atoms in total. The average Bonchev–Trinajstić information content (AvgIpc) is 2.72. The molecule has 1 N–H and O–H groups in total. The Balaban J connectivity index is 2.18. The van der Waals surface area contributed by atoms with Crippen LogP contribution in [0.25, 0.3) is 0 Å². The summed E-state index contributed by atoms with van der Waals surface area (Å²) in [5.41, 5.74) is 0. The van der Waals surface area contributed by atoms with Crippen LogP contribution in [-0.4, -0.2) is 60.6 Å². The highest BCUT2D eigenvalue weighted by molar-refractivity contribution is 5.75. The zero-order chi connectivity index (χ0) is 11.3. The average molecular weight is 214 g/mol. The summed E-state index contributed by atoms with van der Waals surface area (Å²) in [6, 6.07) is 0. The van der Waals surface area contributed by atoms with Gasteiger partial charge in [-0.3, -0.25) is 4.79 Å². The van der Waals surface area contributed by atoms with Crippen LogP contribution in [0.15, 0.2) is 0 Å². The maximum absolute atomic E-state index is 11.5. The third-order valence-electron chi connectivity index (χ3n) is 3.17. The van der Waals surface area contributed by atoms with Gasteiger partial charge in [-0.1, -0.05) is 0 Å². The molecule has 1 saturated heterocycles. The van der Waals surface area contributed by atoms with Crippen molar-refractivity contribution < 1.29 is 9.90 Å². The Labute approximate surface area is 91.9 Å². The van der Waals surface area contributed by atoms with Crippen LogP contribution in [0.2, 0.25) is 0 Å². The predicted octanol–water partition coefficient (Wildman–Crippen LogP) is 0.169. The minimum atomic E-state index is 0.213. The summed E-state index contributed by atoms with van der Waals surface area (Å²) in [6.07, 6.45) is 1.66. The van der Waals surface area contributed by atoms with Crippen molar-refractivity contribution in [2.24, 2.45) is 5.92 Å². The van der Waals surface area contributed by atoms with Crippen LogP contribution in [0.4, 0.5) is 0 Å². The van der Waals surface area contributed by atoms with Crippen LogP contribution in [0, 0.1) is 5.92 Å². The van der Waals surface area contributed by atoms with Gasteiger partial charge < -0.3 is 14.9 Å². The second-order valence-corrected chi connectivity index (χ2v) is 4.30. The fourth-order valence-corrected chi connectivity index (χ4v) is 1.89. The first-order valence-corrected chi connectivity index (χ1v) is 5.74. The van der Waals surface area contributed by atoms with Gasteiger partial charge in [-0.25, -0.2) is 0 Å². The molecule has 0 saturated carbocycles. The highest BCUT2D eigenvalue weighted by Gasteiger charge is 2.22. The van der Waals surface area contributed by atoms with E-state index < -0.39 is 0 Å². The summed E-state index contributed by atoms with van der Waals surface area (Å²) in [5, 5.41) is 8.99. The lowest BCUT2D eigenvalue weighted by atomic mass is 10.1. The number of rotatable bonds is 5. The molecule has 1 unspecified atom stereocenters. The molecule has 1 fully saturated rings. The zero-order valence-corrected chi connectivity index (χ0v) is 9.78. The van der Waals surface area contributed by atoms with Gasteiger partial charge in [0.05, 0.1) is 0 Å². The number of amides is 1. The van der Waals surface area contributed by atoms with Crippen molar-refractivity contribution in [2.75, 3.05) is 39.8 Å². The topological polar surface area (TPSA) is 43.8 Å². The van der Waals surface area contributed by atoms with Crippen LogP contribution in [0.5, 0.6) is 0 Å². The van der Waals surface area contributed by atoms with E-state index in [1.165, 1.54) is 0 Å². The van der Waals surface area contributed by atoms with Crippen LogP contribution in [0.3, 0.4) is 0 Å². The number of hydrogen-bond acceptors (Lipinski definition) is 3. The number of carbonyl (C=O) groups is 1. The quantitative estimate of drug-likeness (QED) is 0.709. The summed E-state index contributed by atoms with van der Waals surface area (Å²) < 4.78 is 0. The standard InChI is InChI=1S/C11H22N2O2/c1-3-12(2)11(15)5-7-13-6-4-10(8-13)9-14/h10,14H,3-9H2,1-2H3. The number of likely N-dealkylation sites (tertiary alicyclic amines) is 1. The summed E-state index contributed by atoms with van der Waals surface area (Å²) in [7, 11) is 1.84. The van der Waals surface area contributed by atoms with E-state index in [9.17, 15) is 4.79 Å². The van der Waals surface area contributed by atoms with Crippen LogP contribution in [0.1, 0.15) is 19.8 Å². The van der Waals surface area contributed by atoms with Crippen LogP contribution < -0.4 is 0 Å². The maximum Gasteiger partial charge on any atom is 0.223 e. The molecule has 1 heterocycles. The van der Waals surface area contributed by atoms with Gasteiger partial charge in [0.2, 0.25) is 5.91 Å². The molecule has 0 spiro atoms. The molecule has 88 valence electrons. The van der Waals surface area contributed by atoms with E-state index >= 15 is 0 Å². The second kappa shape index (κ2) is 6.08. The van der Waals surface area contributed by atoms with Crippen LogP contribution in [-0.2, 0) is 4.79 Å². The monoisotopic (exact) mass is 214 g/mol. The zero-order valence-electron chi connectivity index (χ0n) is 9.78. The molecule has 15 heavy (non-hydrogen) atoms. The number of aliphatic hydroxyl groups excluding tert-OH is 1. The second-order valence-electron chi connectivity index (χ2n) is 4.30. The predicted molar refractivity (Wildman–Crippen MR) is 59.6 cm³/mol.